The summed E-state index contributed by atoms with van der Waals surface area (Å²) >= 11 is 5.80. The van der Waals surface area contributed by atoms with Crippen LogP contribution in [0.5, 0.6) is 0 Å². The standard InChI is InChI=1S/C16H15ClO/c1-12-2-4-13(5-3-12)6-11-16(18)14-7-9-15(17)10-8-14/h2-11,16,18H,1H3/b11-6+. The van der Waals surface area contributed by atoms with Gasteiger partial charge in [0.15, 0.2) is 0 Å². The van der Waals surface area contributed by atoms with E-state index < -0.39 is 6.10 Å². The number of hydrogen-bond donors (Lipinski definition) is 1. The van der Waals surface area contributed by atoms with Crippen molar-refractivity contribution >= 4 is 17.7 Å². The number of aryl methyl sites for hydroxylation is 1. The minimum Gasteiger partial charge on any atom is -0.384 e. The van der Waals surface area contributed by atoms with Crippen molar-refractivity contribution < 1.29 is 5.11 Å². The number of benzene rings is 2. The van der Waals surface area contributed by atoms with Crippen LogP contribution in [0.4, 0.5) is 0 Å². The first-order valence-corrected chi connectivity index (χ1v) is 6.21. The fourth-order valence-corrected chi connectivity index (χ4v) is 1.78. The Labute approximate surface area is 112 Å². The molecule has 92 valence electrons. The molecule has 0 saturated heterocycles. The molecule has 0 aliphatic carbocycles. The first kappa shape index (κ1) is 12.9. The molecule has 1 atom stereocenters. The number of aliphatic hydroxyl groups excluding tert-OH is 1. The molecule has 1 N–H and O–H groups in total. The highest BCUT2D eigenvalue weighted by atomic mass is 35.5. The zero-order valence-corrected chi connectivity index (χ0v) is 10.9. The van der Waals surface area contributed by atoms with Crippen molar-refractivity contribution in [2.45, 2.75) is 13.0 Å². The maximum absolute atomic E-state index is 10.00. The molecule has 1 nitrogen and oxygen atoms in total. The molecular formula is C16H15ClO. The minimum atomic E-state index is -0.608. The summed E-state index contributed by atoms with van der Waals surface area (Å²) in [7, 11) is 0. The van der Waals surface area contributed by atoms with Gasteiger partial charge in [0.25, 0.3) is 0 Å². The van der Waals surface area contributed by atoms with Gasteiger partial charge in [-0.2, -0.15) is 0 Å². The summed E-state index contributed by atoms with van der Waals surface area (Å²) in [5.41, 5.74) is 3.14. The van der Waals surface area contributed by atoms with Gasteiger partial charge in [-0.05, 0) is 30.2 Å². The summed E-state index contributed by atoms with van der Waals surface area (Å²) in [4.78, 5) is 0. The number of halogens is 1. The van der Waals surface area contributed by atoms with E-state index in [2.05, 4.69) is 6.92 Å². The number of rotatable bonds is 3. The third-order valence-corrected chi connectivity index (χ3v) is 3.01. The molecule has 0 bridgehead atoms. The molecule has 0 spiro atoms. The molecule has 1 unspecified atom stereocenters. The Balaban J connectivity index is 2.08. The summed E-state index contributed by atoms with van der Waals surface area (Å²) in [6.07, 6.45) is 3.08. The number of hydrogen-bond acceptors (Lipinski definition) is 1. The van der Waals surface area contributed by atoms with Crippen molar-refractivity contribution in [1.29, 1.82) is 0 Å². The van der Waals surface area contributed by atoms with Crippen LogP contribution in [-0.2, 0) is 0 Å². The average molecular weight is 259 g/mol. The Bertz CT molecular complexity index is 526. The van der Waals surface area contributed by atoms with Crippen LogP contribution >= 0.6 is 11.6 Å². The lowest BCUT2D eigenvalue weighted by molar-refractivity contribution is 0.229. The molecule has 0 fully saturated rings. The van der Waals surface area contributed by atoms with Gasteiger partial charge in [-0.15, -0.1) is 0 Å². The van der Waals surface area contributed by atoms with Crippen molar-refractivity contribution in [3.05, 3.63) is 76.3 Å². The van der Waals surface area contributed by atoms with Gasteiger partial charge >= 0.3 is 0 Å². The van der Waals surface area contributed by atoms with Gasteiger partial charge in [0.2, 0.25) is 0 Å². The quantitative estimate of drug-likeness (QED) is 0.865. The molecule has 0 radical (unpaired) electrons. The molecule has 0 aliphatic rings. The van der Waals surface area contributed by atoms with E-state index >= 15 is 0 Å². The third kappa shape index (κ3) is 3.46. The van der Waals surface area contributed by atoms with Gasteiger partial charge in [0, 0.05) is 5.02 Å². The summed E-state index contributed by atoms with van der Waals surface area (Å²) in [5.74, 6) is 0. The lowest BCUT2D eigenvalue weighted by atomic mass is 10.1. The maximum Gasteiger partial charge on any atom is 0.0975 e. The zero-order valence-electron chi connectivity index (χ0n) is 10.2. The Morgan fingerprint density at radius 1 is 1.00 bits per heavy atom. The monoisotopic (exact) mass is 258 g/mol. The van der Waals surface area contributed by atoms with Crippen molar-refractivity contribution in [1.82, 2.24) is 0 Å². The van der Waals surface area contributed by atoms with E-state index in [-0.39, 0.29) is 0 Å². The molecule has 0 aliphatic heterocycles. The second-order valence-corrected chi connectivity index (χ2v) is 4.70. The first-order valence-electron chi connectivity index (χ1n) is 5.83. The van der Waals surface area contributed by atoms with Crippen LogP contribution in [0.3, 0.4) is 0 Å². The first-order chi connectivity index (χ1) is 8.65. The van der Waals surface area contributed by atoms with Gasteiger partial charge in [0.1, 0.15) is 0 Å². The van der Waals surface area contributed by atoms with Crippen LogP contribution in [0.15, 0.2) is 54.6 Å². The molecule has 0 saturated carbocycles. The van der Waals surface area contributed by atoms with E-state index in [4.69, 9.17) is 11.6 Å². The predicted octanol–water partition coefficient (Wildman–Crippen LogP) is 4.40. The van der Waals surface area contributed by atoms with E-state index in [9.17, 15) is 5.11 Å². The molecule has 0 heterocycles. The second-order valence-electron chi connectivity index (χ2n) is 4.27. The Morgan fingerprint density at radius 2 is 1.61 bits per heavy atom. The SMILES string of the molecule is Cc1ccc(/C=C/C(O)c2ccc(Cl)cc2)cc1. The van der Waals surface area contributed by atoms with Gasteiger partial charge in [-0.1, -0.05) is 65.7 Å². The van der Waals surface area contributed by atoms with E-state index in [0.717, 1.165) is 11.1 Å². The van der Waals surface area contributed by atoms with Crippen LogP contribution in [0, 0.1) is 6.92 Å². The largest absolute Gasteiger partial charge is 0.384 e. The van der Waals surface area contributed by atoms with E-state index in [1.165, 1.54) is 5.56 Å². The van der Waals surface area contributed by atoms with Gasteiger partial charge in [-0.3, -0.25) is 0 Å². The van der Waals surface area contributed by atoms with Gasteiger partial charge < -0.3 is 5.11 Å². The molecule has 0 aromatic heterocycles. The lowest BCUT2D eigenvalue weighted by Crippen LogP contribution is -1.91. The molecule has 0 amide bonds. The maximum atomic E-state index is 10.00. The third-order valence-electron chi connectivity index (χ3n) is 2.76. The second kappa shape index (κ2) is 5.85. The van der Waals surface area contributed by atoms with Crippen molar-refractivity contribution in [3.8, 4) is 0 Å². The molecule has 2 rings (SSSR count). The fourth-order valence-electron chi connectivity index (χ4n) is 1.65. The average Bonchev–Trinajstić information content (AvgIpc) is 2.38. The molecule has 2 aromatic rings. The van der Waals surface area contributed by atoms with Gasteiger partial charge in [0.05, 0.1) is 6.10 Å². The predicted molar refractivity (Wildman–Crippen MR) is 76.6 cm³/mol. The van der Waals surface area contributed by atoms with Crippen molar-refractivity contribution in [3.63, 3.8) is 0 Å². The summed E-state index contributed by atoms with van der Waals surface area (Å²) in [5, 5.41) is 10.7. The summed E-state index contributed by atoms with van der Waals surface area (Å²) in [6, 6.07) is 15.4. The van der Waals surface area contributed by atoms with Crippen LogP contribution < -0.4 is 0 Å². The molecule has 2 aromatic carbocycles. The fraction of sp³-hybridized carbons (Fsp3) is 0.125. The van der Waals surface area contributed by atoms with E-state index in [1.54, 1.807) is 18.2 Å². The highest BCUT2D eigenvalue weighted by Crippen LogP contribution is 2.18. The Hall–Kier alpha value is -1.57. The lowest BCUT2D eigenvalue weighted by Gasteiger charge is -2.05. The van der Waals surface area contributed by atoms with Gasteiger partial charge in [-0.25, -0.2) is 0 Å². The van der Waals surface area contributed by atoms with E-state index in [1.807, 2.05) is 42.5 Å². The molecule has 2 heteroatoms. The van der Waals surface area contributed by atoms with Crippen LogP contribution in [0.1, 0.15) is 22.8 Å². The normalized spacial score (nSPS) is 12.8. The van der Waals surface area contributed by atoms with Crippen LogP contribution in [0.2, 0.25) is 5.02 Å². The topological polar surface area (TPSA) is 20.2 Å². The summed E-state index contributed by atoms with van der Waals surface area (Å²) < 4.78 is 0. The van der Waals surface area contributed by atoms with Crippen LogP contribution in [-0.4, -0.2) is 5.11 Å². The van der Waals surface area contributed by atoms with E-state index in [0.29, 0.717) is 5.02 Å². The van der Waals surface area contributed by atoms with Crippen LogP contribution in [0.25, 0.3) is 6.08 Å². The highest BCUT2D eigenvalue weighted by molar-refractivity contribution is 6.30. The molecular weight excluding hydrogens is 244 g/mol. The highest BCUT2D eigenvalue weighted by Gasteiger charge is 2.02. The Kier molecular flexibility index (Phi) is 4.19. The van der Waals surface area contributed by atoms with Crippen molar-refractivity contribution in [2.75, 3.05) is 0 Å². The smallest absolute Gasteiger partial charge is 0.0975 e. The Morgan fingerprint density at radius 3 is 2.22 bits per heavy atom. The van der Waals surface area contributed by atoms with Crippen molar-refractivity contribution in [2.24, 2.45) is 0 Å². The number of aliphatic hydroxyl groups is 1. The molecule has 18 heavy (non-hydrogen) atoms. The summed E-state index contributed by atoms with van der Waals surface area (Å²) in [6.45, 7) is 2.05. The zero-order chi connectivity index (χ0) is 13.0. The minimum absolute atomic E-state index is 0.608.